The van der Waals surface area contributed by atoms with Crippen LogP contribution in [0, 0.1) is 6.92 Å². The fourth-order valence-corrected chi connectivity index (χ4v) is 3.44. The molecule has 2 aromatic rings. The minimum absolute atomic E-state index is 0.409. The Morgan fingerprint density at radius 2 is 2.24 bits per heavy atom. The second-order valence-electron chi connectivity index (χ2n) is 5.83. The molecule has 5 heteroatoms. The Balaban J connectivity index is 2.01. The van der Waals surface area contributed by atoms with E-state index in [0.717, 1.165) is 40.6 Å². The van der Waals surface area contributed by atoms with Gasteiger partial charge in [-0.15, -0.1) is 0 Å². The summed E-state index contributed by atoms with van der Waals surface area (Å²) in [5, 5.41) is 5.10. The molecular weight excluding hydrogens is 286 g/mol. The zero-order valence-electron chi connectivity index (χ0n) is 12.6. The van der Waals surface area contributed by atoms with Gasteiger partial charge in [-0.1, -0.05) is 17.7 Å². The molecule has 1 aliphatic carbocycles. The van der Waals surface area contributed by atoms with Crippen LogP contribution in [0.5, 0.6) is 5.75 Å². The standard InChI is InChI=1S/C16H20ClN3O/c1-10-15(17)14(20(2)19-10)9-16(18)7-6-11-4-5-12(21-3)8-13(11)16/h4-5,8H,6-7,9,18H2,1-3H3. The largest absolute Gasteiger partial charge is 0.497 e. The number of benzene rings is 1. The minimum Gasteiger partial charge on any atom is -0.497 e. The summed E-state index contributed by atoms with van der Waals surface area (Å²) in [4.78, 5) is 0. The van der Waals surface area contributed by atoms with Crippen molar-refractivity contribution in [2.24, 2.45) is 12.8 Å². The molecule has 0 fully saturated rings. The summed E-state index contributed by atoms with van der Waals surface area (Å²) in [6, 6.07) is 6.16. The lowest BCUT2D eigenvalue weighted by atomic mass is 9.88. The second kappa shape index (κ2) is 5.04. The molecular formula is C16H20ClN3O. The predicted molar refractivity (Wildman–Crippen MR) is 83.8 cm³/mol. The molecule has 0 radical (unpaired) electrons. The van der Waals surface area contributed by atoms with Crippen molar-refractivity contribution in [2.75, 3.05) is 7.11 Å². The number of ether oxygens (including phenoxy) is 1. The quantitative estimate of drug-likeness (QED) is 0.948. The van der Waals surface area contributed by atoms with Gasteiger partial charge in [0.1, 0.15) is 5.75 Å². The zero-order chi connectivity index (χ0) is 15.2. The molecule has 0 amide bonds. The molecule has 2 N–H and O–H groups in total. The van der Waals surface area contributed by atoms with Gasteiger partial charge in [-0.3, -0.25) is 4.68 Å². The van der Waals surface area contributed by atoms with Crippen molar-refractivity contribution >= 4 is 11.6 Å². The molecule has 112 valence electrons. The van der Waals surface area contributed by atoms with Gasteiger partial charge in [0.2, 0.25) is 0 Å². The van der Waals surface area contributed by atoms with Crippen LogP contribution in [0.25, 0.3) is 0 Å². The third-order valence-corrected chi connectivity index (χ3v) is 4.93. The Morgan fingerprint density at radius 1 is 1.48 bits per heavy atom. The van der Waals surface area contributed by atoms with E-state index in [-0.39, 0.29) is 0 Å². The predicted octanol–water partition coefficient (Wildman–Crippen LogP) is 2.73. The summed E-state index contributed by atoms with van der Waals surface area (Å²) >= 11 is 6.38. The monoisotopic (exact) mass is 305 g/mol. The van der Waals surface area contributed by atoms with Crippen molar-refractivity contribution in [1.29, 1.82) is 0 Å². The number of hydrogen-bond donors (Lipinski definition) is 1. The molecule has 1 aliphatic rings. The number of aromatic nitrogens is 2. The highest BCUT2D eigenvalue weighted by molar-refractivity contribution is 6.31. The summed E-state index contributed by atoms with van der Waals surface area (Å²) < 4.78 is 7.17. The van der Waals surface area contributed by atoms with E-state index >= 15 is 0 Å². The molecule has 1 unspecified atom stereocenters. The van der Waals surface area contributed by atoms with E-state index in [0.29, 0.717) is 6.42 Å². The lowest BCUT2D eigenvalue weighted by Crippen LogP contribution is -2.37. The van der Waals surface area contributed by atoms with Gasteiger partial charge in [-0.25, -0.2) is 0 Å². The molecule has 1 aromatic carbocycles. The number of methoxy groups -OCH3 is 1. The first-order valence-corrected chi connectivity index (χ1v) is 7.46. The van der Waals surface area contributed by atoms with E-state index in [1.807, 2.05) is 24.7 Å². The van der Waals surface area contributed by atoms with Gasteiger partial charge in [-0.2, -0.15) is 5.10 Å². The van der Waals surface area contributed by atoms with Crippen LogP contribution in [0.2, 0.25) is 5.02 Å². The van der Waals surface area contributed by atoms with Crippen molar-refractivity contribution in [3.63, 3.8) is 0 Å². The lowest BCUT2D eigenvalue weighted by molar-refractivity contribution is 0.404. The number of rotatable bonds is 3. The normalized spacial score (nSPS) is 20.6. The minimum atomic E-state index is -0.409. The average molecular weight is 306 g/mol. The zero-order valence-corrected chi connectivity index (χ0v) is 13.4. The van der Waals surface area contributed by atoms with Gasteiger partial charge < -0.3 is 10.5 Å². The summed E-state index contributed by atoms with van der Waals surface area (Å²) in [5.41, 5.74) is 10.6. The van der Waals surface area contributed by atoms with Crippen LogP contribution in [-0.2, 0) is 25.4 Å². The van der Waals surface area contributed by atoms with Crippen LogP contribution in [-0.4, -0.2) is 16.9 Å². The number of nitrogens with two attached hydrogens (primary N) is 1. The highest BCUT2D eigenvalue weighted by Gasteiger charge is 2.37. The van der Waals surface area contributed by atoms with E-state index in [9.17, 15) is 0 Å². The molecule has 1 heterocycles. The number of nitrogens with zero attached hydrogens (tertiary/aromatic N) is 2. The summed E-state index contributed by atoms with van der Waals surface area (Å²) in [6.07, 6.45) is 2.59. The van der Waals surface area contributed by atoms with Gasteiger partial charge in [0.15, 0.2) is 0 Å². The third kappa shape index (κ3) is 2.32. The van der Waals surface area contributed by atoms with Crippen LogP contribution in [0.1, 0.15) is 28.9 Å². The number of hydrogen-bond acceptors (Lipinski definition) is 3. The Labute approximate surface area is 129 Å². The van der Waals surface area contributed by atoms with E-state index in [1.54, 1.807) is 7.11 Å². The number of aryl methyl sites for hydroxylation is 3. The lowest BCUT2D eigenvalue weighted by Gasteiger charge is -2.26. The fourth-order valence-electron chi connectivity index (χ4n) is 3.21. The SMILES string of the molecule is COc1ccc2c(c1)C(N)(Cc1c(Cl)c(C)nn1C)CC2. The van der Waals surface area contributed by atoms with Crippen LogP contribution >= 0.6 is 11.6 Å². The van der Waals surface area contributed by atoms with Crippen molar-refractivity contribution < 1.29 is 4.74 Å². The van der Waals surface area contributed by atoms with Gasteiger partial charge in [0, 0.05) is 19.0 Å². The van der Waals surface area contributed by atoms with Crippen LogP contribution in [0.15, 0.2) is 18.2 Å². The van der Waals surface area contributed by atoms with Gasteiger partial charge in [0.05, 0.1) is 23.5 Å². The van der Waals surface area contributed by atoms with E-state index in [1.165, 1.54) is 5.56 Å². The van der Waals surface area contributed by atoms with Crippen LogP contribution in [0.3, 0.4) is 0 Å². The van der Waals surface area contributed by atoms with Crippen molar-refractivity contribution in [1.82, 2.24) is 9.78 Å². The molecule has 0 saturated heterocycles. The topological polar surface area (TPSA) is 53.1 Å². The molecule has 0 bridgehead atoms. The first kappa shape index (κ1) is 14.4. The number of fused-ring (bicyclic) bond motifs is 1. The van der Waals surface area contributed by atoms with Crippen molar-refractivity contribution in [2.45, 2.75) is 31.7 Å². The Kier molecular flexibility index (Phi) is 3.46. The van der Waals surface area contributed by atoms with Crippen molar-refractivity contribution in [3.05, 3.63) is 45.7 Å². The Hall–Kier alpha value is -1.52. The molecule has 1 atom stereocenters. The first-order chi connectivity index (χ1) is 9.94. The highest BCUT2D eigenvalue weighted by Crippen LogP contribution is 2.40. The summed E-state index contributed by atoms with van der Waals surface area (Å²) in [5.74, 6) is 0.845. The maximum Gasteiger partial charge on any atom is 0.119 e. The number of halogens is 1. The molecule has 1 aromatic heterocycles. The maximum absolute atomic E-state index is 6.72. The molecule has 4 nitrogen and oxygen atoms in total. The first-order valence-electron chi connectivity index (χ1n) is 7.09. The van der Waals surface area contributed by atoms with Crippen LogP contribution < -0.4 is 10.5 Å². The molecule has 3 rings (SSSR count). The van der Waals surface area contributed by atoms with E-state index in [4.69, 9.17) is 22.1 Å². The smallest absolute Gasteiger partial charge is 0.119 e. The summed E-state index contributed by atoms with van der Waals surface area (Å²) in [6.45, 7) is 1.92. The molecule has 0 spiro atoms. The van der Waals surface area contributed by atoms with Crippen LogP contribution in [0.4, 0.5) is 0 Å². The Morgan fingerprint density at radius 3 is 2.86 bits per heavy atom. The van der Waals surface area contributed by atoms with E-state index in [2.05, 4.69) is 17.2 Å². The van der Waals surface area contributed by atoms with Gasteiger partial charge in [-0.05, 0) is 43.0 Å². The molecule has 21 heavy (non-hydrogen) atoms. The average Bonchev–Trinajstić information content (AvgIpc) is 2.91. The Bertz CT molecular complexity index is 695. The maximum atomic E-state index is 6.72. The molecule has 0 saturated carbocycles. The van der Waals surface area contributed by atoms with Crippen molar-refractivity contribution in [3.8, 4) is 5.75 Å². The molecule has 0 aliphatic heterocycles. The third-order valence-electron chi connectivity index (χ3n) is 4.44. The fraction of sp³-hybridized carbons (Fsp3) is 0.438. The highest BCUT2D eigenvalue weighted by atomic mass is 35.5. The second-order valence-corrected chi connectivity index (χ2v) is 6.20. The van der Waals surface area contributed by atoms with E-state index < -0.39 is 5.54 Å². The summed E-state index contributed by atoms with van der Waals surface area (Å²) in [7, 11) is 3.59. The van der Waals surface area contributed by atoms with Gasteiger partial charge >= 0.3 is 0 Å². The van der Waals surface area contributed by atoms with Gasteiger partial charge in [0.25, 0.3) is 0 Å².